The highest BCUT2D eigenvalue weighted by molar-refractivity contribution is 6.13. The molecule has 7 nitrogen and oxygen atoms in total. The molecule has 30 heavy (non-hydrogen) atoms. The minimum Gasteiger partial charge on any atom is -0.465 e. The van der Waals surface area contributed by atoms with Crippen LogP contribution in [-0.4, -0.2) is 29.1 Å². The summed E-state index contributed by atoms with van der Waals surface area (Å²) in [6.07, 6.45) is 0. The van der Waals surface area contributed by atoms with Crippen molar-refractivity contribution in [3.63, 3.8) is 0 Å². The predicted octanol–water partition coefficient (Wildman–Crippen LogP) is 4.55. The topological polar surface area (TPSA) is 94.3 Å². The Morgan fingerprint density at radius 1 is 1.00 bits per heavy atom. The van der Waals surface area contributed by atoms with Gasteiger partial charge in [-0.3, -0.25) is 4.79 Å². The van der Waals surface area contributed by atoms with Crippen molar-refractivity contribution in [3.8, 4) is 11.3 Å². The molecule has 0 bridgehead atoms. The molecule has 4 aromatic rings. The molecule has 0 atom stereocenters. The van der Waals surface area contributed by atoms with E-state index < -0.39 is 5.97 Å². The molecule has 0 aliphatic carbocycles. The molecule has 0 fully saturated rings. The molecule has 0 aliphatic rings. The van der Waals surface area contributed by atoms with E-state index in [0.717, 1.165) is 11.1 Å². The Morgan fingerprint density at radius 3 is 2.37 bits per heavy atom. The Balaban J connectivity index is 1.71. The van der Waals surface area contributed by atoms with Crippen molar-refractivity contribution < 1.29 is 18.8 Å². The number of aryl methyl sites for hydroxylation is 2. The lowest BCUT2D eigenvalue weighted by Crippen LogP contribution is -2.13. The Kier molecular flexibility index (Phi) is 5.02. The summed E-state index contributed by atoms with van der Waals surface area (Å²) in [5.74, 6) is -0.764. The van der Waals surface area contributed by atoms with Crippen LogP contribution in [0.1, 0.15) is 32.0 Å². The maximum atomic E-state index is 13.1. The Morgan fingerprint density at radius 2 is 1.70 bits per heavy atom. The third kappa shape index (κ3) is 3.65. The van der Waals surface area contributed by atoms with Gasteiger partial charge in [-0.1, -0.05) is 35.0 Å². The highest BCUT2D eigenvalue weighted by atomic mass is 16.5. The third-order valence-electron chi connectivity index (χ3n) is 4.77. The summed E-state index contributed by atoms with van der Waals surface area (Å²) in [6, 6.07) is 16.0. The Hall–Kier alpha value is -4.00. The summed E-state index contributed by atoms with van der Waals surface area (Å²) in [5.41, 5.74) is 4.85. The lowest BCUT2D eigenvalue weighted by Gasteiger charge is -2.09. The number of benzene rings is 2. The molecule has 0 unspecified atom stereocenters. The largest absolute Gasteiger partial charge is 0.465 e. The number of hydrogen-bond acceptors (Lipinski definition) is 6. The minimum atomic E-state index is -0.438. The van der Waals surface area contributed by atoms with E-state index in [9.17, 15) is 9.59 Å². The maximum Gasteiger partial charge on any atom is 0.337 e. The number of amides is 1. The molecule has 1 amide bonds. The van der Waals surface area contributed by atoms with Gasteiger partial charge in [0.05, 0.1) is 35.0 Å². The number of fused-ring (bicyclic) bond motifs is 1. The summed E-state index contributed by atoms with van der Waals surface area (Å²) in [6.45, 7) is 3.77. The quantitative estimate of drug-likeness (QED) is 0.504. The summed E-state index contributed by atoms with van der Waals surface area (Å²) >= 11 is 0. The van der Waals surface area contributed by atoms with Gasteiger partial charge in [-0.25, -0.2) is 9.78 Å². The lowest BCUT2D eigenvalue weighted by molar-refractivity contribution is 0.0600. The van der Waals surface area contributed by atoms with Crippen LogP contribution < -0.4 is 5.32 Å². The minimum absolute atomic E-state index is 0.303. The molecular weight excluding hydrogens is 382 g/mol. The van der Waals surface area contributed by atoms with Gasteiger partial charge in [0.25, 0.3) is 11.6 Å². The molecule has 4 rings (SSSR count). The van der Waals surface area contributed by atoms with Gasteiger partial charge in [-0.05, 0) is 44.2 Å². The number of ether oxygens (including phenoxy) is 1. The van der Waals surface area contributed by atoms with Gasteiger partial charge in [0, 0.05) is 11.3 Å². The molecule has 0 aliphatic heterocycles. The molecule has 0 radical (unpaired) electrons. The smallest absolute Gasteiger partial charge is 0.337 e. The first-order valence-electron chi connectivity index (χ1n) is 9.30. The van der Waals surface area contributed by atoms with Crippen LogP contribution >= 0.6 is 0 Å². The number of esters is 1. The average molecular weight is 401 g/mol. The second-order valence-corrected chi connectivity index (χ2v) is 6.89. The molecule has 2 heterocycles. The van der Waals surface area contributed by atoms with Gasteiger partial charge >= 0.3 is 5.97 Å². The van der Waals surface area contributed by atoms with E-state index in [1.807, 2.05) is 31.2 Å². The van der Waals surface area contributed by atoms with E-state index in [1.165, 1.54) is 7.11 Å². The van der Waals surface area contributed by atoms with Crippen molar-refractivity contribution in [1.82, 2.24) is 10.1 Å². The van der Waals surface area contributed by atoms with Crippen LogP contribution in [0, 0.1) is 13.8 Å². The fourth-order valence-corrected chi connectivity index (χ4v) is 3.15. The fourth-order valence-electron chi connectivity index (χ4n) is 3.15. The first kappa shape index (κ1) is 19.3. The Labute approximate surface area is 172 Å². The van der Waals surface area contributed by atoms with E-state index >= 15 is 0 Å². The second-order valence-electron chi connectivity index (χ2n) is 6.89. The third-order valence-corrected chi connectivity index (χ3v) is 4.77. The summed E-state index contributed by atoms with van der Waals surface area (Å²) in [7, 11) is 1.32. The zero-order chi connectivity index (χ0) is 21.3. The molecule has 2 aromatic heterocycles. The van der Waals surface area contributed by atoms with Crippen LogP contribution in [0.5, 0.6) is 0 Å². The van der Waals surface area contributed by atoms with E-state index in [1.54, 1.807) is 37.3 Å². The summed E-state index contributed by atoms with van der Waals surface area (Å²) < 4.78 is 10.0. The monoisotopic (exact) mass is 401 g/mol. The van der Waals surface area contributed by atoms with Crippen LogP contribution in [0.25, 0.3) is 22.4 Å². The van der Waals surface area contributed by atoms with Gasteiger partial charge in [0.2, 0.25) is 0 Å². The van der Waals surface area contributed by atoms with Crippen molar-refractivity contribution in [3.05, 3.63) is 77.0 Å². The molecule has 0 saturated carbocycles. The number of carbonyl (C=O) groups excluding carboxylic acids is 2. The standard InChI is InChI=1S/C23H19N3O4/c1-13-4-6-15(7-5-13)19-12-18(20-14(2)26-30-22(20)25-19)21(27)24-17-10-8-16(9-11-17)23(28)29-3/h4-12H,1-3H3,(H,24,27). The number of pyridine rings is 1. The number of hydrogen-bond donors (Lipinski definition) is 1. The van der Waals surface area contributed by atoms with E-state index in [2.05, 4.69) is 15.5 Å². The zero-order valence-corrected chi connectivity index (χ0v) is 16.7. The normalized spacial score (nSPS) is 10.8. The van der Waals surface area contributed by atoms with Crippen LogP contribution in [0.3, 0.4) is 0 Å². The van der Waals surface area contributed by atoms with Crippen molar-refractivity contribution in [2.24, 2.45) is 0 Å². The number of carbonyl (C=O) groups is 2. The highest BCUT2D eigenvalue weighted by Gasteiger charge is 2.19. The number of aromatic nitrogens is 2. The summed E-state index contributed by atoms with van der Waals surface area (Å²) in [5, 5.41) is 7.38. The van der Waals surface area contributed by atoms with Crippen LogP contribution in [-0.2, 0) is 4.74 Å². The fraction of sp³-hybridized carbons (Fsp3) is 0.130. The van der Waals surface area contributed by atoms with Crippen LogP contribution in [0.2, 0.25) is 0 Å². The van der Waals surface area contributed by atoms with Gasteiger partial charge in [0.15, 0.2) is 0 Å². The molecule has 150 valence electrons. The number of methoxy groups -OCH3 is 1. The molecule has 0 spiro atoms. The van der Waals surface area contributed by atoms with Crippen molar-refractivity contribution >= 4 is 28.7 Å². The predicted molar refractivity (Wildman–Crippen MR) is 112 cm³/mol. The van der Waals surface area contributed by atoms with Gasteiger partial charge in [-0.2, -0.15) is 0 Å². The van der Waals surface area contributed by atoms with E-state index in [-0.39, 0.29) is 5.91 Å². The van der Waals surface area contributed by atoms with Crippen molar-refractivity contribution in [2.45, 2.75) is 13.8 Å². The molecule has 2 aromatic carbocycles. The zero-order valence-electron chi connectivity index (χ0n) is 16.7. The van der Waals surface area contributed by atoms with E-state index in [4.69, 9.17) is 9.26 Å². The maximum absolute atomic E-state index is 13.1. The van der Waals surface area contributed by atoms with E-state index in [0.29, 0.717) is 39.3 Å². The first-order chi connectivity index (χ1) is 14.5. The molecule has 1 N–H and O–H groups in total. The molecular formula is C23H19N3O4. The second kappa shape index (κ2) is 7.79. The van der Waals surface area contributed by atoms with Crippen LogP contribution in [0.4, 0.5) is 5.69 Å². The molecule has 7 heteroatoms. The van der Waals surface area contributed by atoms with Crippen LogP contribution in [0.15, 0.2) is 59.1 Å². The number of anilines is 1. The summed E-state index contributed by atoms with van der Waals surface area (Å²) in [4.78, 5) is 29.2. The average Bonchev–Trinajstić information content (AvgIpc) is 3.14. The van der Waals surface area contributed by atoms with Gasteiger partial charge in [-0.15, -0.1) is 0 Å². The van der Waals surface area contributed by atoms with Gasteiger partial charge in [0.1, 0.15) is 0 Å². The number of nitrogens with zero attached hydrogens (tertiary/aromatic N) is 2. The van der Waals surface area contributed by atoms with Crippen molar-refractivity contribution in [1.29, 1.82) is 0 Å². The number of rotatable bonds is 4. The molecule has 0 saturated heterocycles. The lowest BCUT2D eigenvalue weighted by atomic mass is 10.0. The van der Waals surface area contributed by atoms with Gasteiger partial charge < -0.3 is 14.6 Å². The Bertz CT molecular complexity index is 1240. The first-order valence-corrected chi connectivity index (χ1v) is 9.30. The van der Waals surface area contributed by atoms with Crippen molar-refractivity contribution in [2.75, 3.05) is 12.4 Å². The highest BCUT2D eigenvalue weighted by Crippen LogP contribution is 2.28. The SMILES string of the molecule is COC(=O)c1ccc(NC(=O)c2cc(-c3ccc(C)cc3)nc3onc(C)c23)cc1. The number of nitrogens with one attached hydrogen (secondary N) is 1.